The van der Waals surface area contributed by atoms with Crippen LogP contribution in [0.5, 0.6) is 0 Å². The second kappa shape index (κ2) is 6.87. The van der Waals surface area contributed by atoms with E-state index >= 15 is 0 Å². The molecule has 0 saturated carbocycles. The van der Waals surface area contributed by atoms with Crippen molar-refractivity contribution in [3.05, 3.63) is 0 Å². The van der Waals surface area contributed by atoms with Crippen LogP contribution in [-0.4, -0.2) is 40.3 Å². The molecule has 0 spiro atoms. The van der Waals surface area contributed by atoms with Crippen molar-refractivity contribution >= 4 is 6.09 Å². The molecular formula is C7H15NO4. The summed E-state index contributed by atoms with van der Waals surface area (Å²) in [7, 11) is 4.41. The molecule has 0 aliphatic heterocycles. The minimum atomic E-state index is -0.444. The smallest absolute Gasteiger partial charge is 0.406 e. The van der Waals surface area contributed by atoms with Crippen molar-refractivity contribution in [3.63, 3.8) is 0 Å². The number of ether oxygens (including phenoxy) is 3. The van der Waals surface area contributed by atoms with Crippen LogP contribution in [0.2, 0.25) is 0 Å². The Labute approximate surface area is 72.0 Å². The van der Waals surface area contributed by atoms with Gasteiger partial charge < -0.3 is 19.5 Å². The number of alkyl carbamates (subject to hydrolysis) is 1. The summed E-state index contributed by atoms with van der Waals surface area (Å²) in [5, 5.41) is 2.51. The van der Waals surface area contributed by atoms with E-state index < -0.39 is 6.09 Å². The van der Waals surface area contributed by atoms with Crippen molar-refractivity contribution in [1.29, 1.82) is 0 Å². The van der Waals surface area contributed by atoms with Crippen molar-refractivity contribution in [2.45, 2.75) is 12.7 Å². The highest BCUT2D eigenvalue weighted by Gasteiger charge is 2.05. The zero-order valence-electron chi connectivity index (χ0n) is 7.62. The first-order valence-corrected chi connectivity index (χ1v) is 3.62. The molecule has 0 aromatic rings. The van der Waals surface area contributed by atoms with Crippen LogP contribution in [0.3, 0.4) is 0 Å². The summed E-state index contributed by atoms with van der Waals surface area (Å²) in [5.41, 5.74) is 0. The van der Waals surface area contributed by atoms with Crippen LogP contribution < -0.4 is 5.32 Å². The monoisotopic (exact) mass is 177 g/mol. The fourth-order valence-electron chi connectivity index (χ4n) is 0.696. The first-order chi connectivity index (χ1) is 5.74. The van der Waals surface area contributed by atoms with Crippen LogP contribution in [0, 0.1) is 0 Å². The zero-order valence-corrected chi connectivity index (χ0v) is 7.62. The molecule has 0 bridgehead atoms. The van der Waals surface area contributed by atoms with E-state index in [4.69, 9.17) is 9.47 Å². The molecule has 0 radical (unpaired) electrons. The van der Waals surface area contributed by atoms with Gasteiger partial charge in [0.15, 0.2) is 6.29 Å². The minimum absolute atomic E-state index is 0.276. The number of nitrogens with one attached hydrogen (secondary N) is 1. The summed E-state index contributed by atoms with van der Waals surface area (Å²) in [4.78, 5) is 10.6. The summed E-state index contributed by atoms with van der Waals surface area (Å²) in [6, 6.07) is 0. The van der Waals surface area contributed by atoms with E-state index in [-0.39, 0.29) is 6.29 Å². The second-order valence-corrected chi connectivity index (χ2v) is 2.11. The average Bonchev–Trinajstić information content (AvgIpc) is 2.12. The average molecular weight is 177 g/mol. The number of amides is 1. The largest absolute Gasteiger partial charge is 0.453 e. The maximum Gasteiger partial charge on any atom is 0.406 e. The van der Waals surface area contributed by atoms with Crippen LogP contribution in [-0.2, 0) is 14.2 Å². The van der Waals surface area contributed by atoms with Crippen molar-refractivity contribution in [1.82, 2.24) is 5.32 Å². The lowest BCUT2D eigenvalue weighted by Gasteiger charge is -2.12. The van der Waals surface area contributed by atoms with Gasteiger partial charge in [0.25, 0.3) is 0 Å². The van der Waals surface area contributed by atoms with E-state index in [9.17, 15) is 4.79 Å². The highest BCUT2D eigenvalue weighted by atomic mass is 16.7. The third-order valence-corrected chi connectivity index (χ3v) is 1.36. The highest BCUT2D eigenvalue weighted by molar-refractivity contribution is 5.66. The summed E-state index contributed by atoms with van der Waals surface area (Å²) in [5.74, 6) is 0. The lowest BCUT2D eigenvalue weighted by molar-refractivity contribution is -0.105. The Kier molecular flexibility index (Phi) is 6.41. The van der Waals surface area contributed by atoms with Gasteiger partial charge in [0, 0.05) is 27.2 Å². The number of hydrogen-bond acceptors (Lipinski definition) is 4. The number of hydrogen-bond donors (Lipinski definition) is 1. The van der Waals surface area contributed by atoms with Gasteiger partial charge in [-0.1, -0.05) is 0 Å². The molecule has 5 nitrogen and oxygen atoms in total. The van der Waals surface area contributed by atoms with Crippen LogP contribution >= 0.6 is 0 Å². The molecule has 0 unspecified atom stereocenters. The Morgan fingerprint density at radius 2 is 1.92 bits per heavy atom. The maximum absolute atomic E-state index is 10.6. The molecule has 0 aliphatic carbocycles. The van der Waals surface area contributed by atoms with Gasteiger partial charge in [-0.25, -0.2) is 4.79 Å². The number of carbonyl (C=O) groups is 1. The topological polar surface area (TPSA) is 56.8 Å². The van der Waals surface area contributed by atoms with Gasteiger partial charge in [-0.05, 0) is 0 Å². The standard InChI is InChI=1S/C7H15NO4/c1-10-6(11-2)4-5-8-7(9)12-3/h6H,4-5H2,1-3H3,(H,8,9). The molecule has 5 heteroatoms. The van der Waals surface area contributed by atoms with E-state index in [2.05, 4.69) is 10.1 Å². The van der Waals surface area contributed by atoms with E-state index in [1.807, 2.05) is 0 Å². The number of rotatable bonds is 5. The Balaban J connectivity index is 3.34. The van der Waals surface area contributed by atoms with Crippen molar-refractivity contribution < 1.29 is 19.0 Å². The van der Waals surface area contributed by atoms with Gasteiger partial charge in [-0.3, -0.25) is 0 Å². The molecule has 0 saturated heterocycles. The van der Waals surface area contributed by atoms with Crippen molar-refractivity contribution in [2.75, 3.05) is 27.9 Å². The van der Waals surface area contributed by atoms with Crippen LogP contribution in [0.25, 0.3) is 0 Å². The van der Waals surface area contributed by atoms with Gasteiger partial charge >= 0.3 is 6.09 Å². The van der Waals surface area contributed by atoms with E-state index in [0.717, 1.165) is 0 Å². The van der Waals surface area contributed by atoms with Gasteiger partial charge in [-0.2, -0.15) is 0 Å². The van der Waals surface area contributed by atoms with Crippen molar-refractivity contribution in [2.24, 2.45) is 0 Å². The highest BCUT2D eigenvalue weighted by Crippen LogP contribution is 1.95. The Bertz CT molecular complexity index is 125. The minimum Gasteiger partial charge on any atom is -0.453 e. The molecule has 0 rings (SSSR count). The van der Waals surface area contributed by atoms with E-state index in [0.29, 0.717) is 13.0 Å². The summed E-state index contributed by atoms with van der Waals surface area (Å²) in [6.07, 6.45) is -0.120. The number of methoxy groups -OCH3 is 3. The predicted octanol–water partition coefficient (Wildman–Crippen LogP) is 0.351. The molecule has 0 aromatic heterocycles. The first-order valence-electron chi connectivity index (χ1n) is 3.62. The molecule has 0 fully saturated rings. The molecule has 0 aliphatic rings. The van der Waals surface area contributed by atoms with Crippen LogP contribution in [0.4, 0.5) is 4.79 Å². The Morgan fingerprint density at radius 1 is 1.33 bits per heavy atom. The Hall–Kier alpha value is -0.810. The third kappa shape index (κ3) is 4.92. The van der Waals surface area contributed by atoms with Gasteiger partial charge in [0.05, 0.1) is 7.11 Å². The molecule has 0 aromatic carbocycles. The van der Waals surface area contributed by atoms with E-state index in [1.54, 1.807) is 14.2 Å². The third-order valence-electron chi connectivity index (χ3n) is 1.36. The molecule has 1 amide bonds. The van der Waals surface area contributed by atoms with Gasteiger partial charge in [-0.15, -0.1) is 0 Å². The summed E-state index contributed by atoms with van der Waals surface area (Å²) in [6.45, 7) is 0.471. The number of carbonyl (C=O) groups excluding carboxylic acids is 1. The summed E-state index contributed by atoms with van der Waals surface area (Å²) >= 11 is 0. The predicted molar refractivity (Wildman–Crippen MR) is 42.8 cm³/mol. The molecule has 1 N–H and O–H groups in total. The fourth-order valence-corrected chi connectivity index (χ4v) is 0.696. The van der Waals surface area contributed by atoms with Crippen LogP contribution in [0.1, 0.15) is 6.42 Å². The van der Waals surface area contributed by atoms with Gasteiger partial charge in [0.1, 0.15) is 0 Å². The first kappa shape index (κ1) is 11.2. The Morgan fingerprint density at radius 3 is 2.33 bits per heavy atom. The quantitative estimate of drug-likeness (QED) is 0.616. The summed E-state index contributed by atoms with van der Waals surface area (Å²) < 4.78 is 14.2. The van der Waals surface area contributed by atoms with E-state index in [1.165, 1.54) is 7.11 Å². The van der Waals surface area contributed by atoms with Crippen molar-refractivity contribution in [3.8, 4) is 0 Å². The molecule has 72 valence electrons. The molecule has 12 heavy (non-hydrogen) atoms. The maximum atomic E-state index is 10.6. The lowest BCUT2D eigenvalue weighted by Crippen LogP contribution is -2.28. The van der Waals surface area contributed by atoms with Gasteiger partial charge in [0.2, 0.25) is 0 Å². The lowest BCUT2D eigenvalue weighted by atomic mass is 10.4. The fraction of sp³-hybridized carbons (Fsp3) is 0.857. The molecular weight excluding hydrogens is 162 g/mol. The SMILES string of the molecule is COC(=O)NCCC(OC)OC. The second-order valence-electron chi connectivity index (χ2n) is 2.11. The molecule has 0 atom stereocenters. The molecule has 0 heterocycles. The zero-order chi connectivity index (χ0) is 9.40. The normalized spacial score (nSPS) is 10.0. The van der Waals surface area contributed by atoms with Crippen LogP contribution in [0.15, 0.2) is 0 Å².